The van der Waals surface area contributed by atoms with Gasteiger partial charge in [-0.15, -0.1) is 0 Å². The molecule has 0 aliphatic rings. The van der Waals surface area contributed by atoms with Crippen LogP contribution in [0.3, 0.4) is 0 Å². The van der Waals surface area contributed by atoms with Gasteiger partial charge in [0.05, 0.1) is 10.8 Å². The lowest BCUT2D eigenvalue weighted by molar-refractivity contribution is -0.387. The van der Waals surface area contributed by atoms with Crippen molar-refractivity contribution in [2.45, 2.75) is 20.3 Å². The number of benzene rings is 1. The van der Waals surface area contributed by atoms with E-state index in [9.17, 15) is 19.3 Å². The molecule has 18 heavy (non-hydrogen) atoms. The molecule has 0 fully saturated rings. The van der Waals surface area contributed by atoms with E-state index in [4.69, 9.17) is 5.11 Å². The lowest BCUT2D eigenvalue weighted by Crippen LogP contribution is -2.22. The zero-order chi connectivity index (χ0) is 13.9. The Morgan fingerprint density at radius 1 is 1.50 bits per heavy atom. The Labute approximate surface area is 103 Å². The molecule has 0 bridgehead atoms. The molecule has 0 aliphatic carbocycles. The number of nitro benzene ring substituents is 1. The number of nitro groups is 1. The van der Waals surface area contributed by atoms with Gasteiger partial charge in [-0.05, 0) is 17.9 Å². The molecule has 0 aliphatic heterocycles. The summed E-state index contributed by atoms with van der Waals surface area (Å²) >= 11 is 0. The van der Waals surface area contributed by atoms with Gasteiger partial charge in [0, 0.05) is 6.07 Å². The van der Waals surface area contributed by atoms with Crippen LogP contribution in [0.15, 0.2) is 18.2 Å². The summed E-state index contributed by atoms with van der Waals surface area (Å²) < 4.78 is 13.8. The molecule has 0 heterocycles. The zero-order valence-corrected chi connectivity index (χ0v) is 10.1. The molecule has 1 aromatic carbocycles. The second kappa shape index (κ2) is 5.57. The lowest BCUT2D eigenvalue weighted by Gasteiger charge is -2.16. The van der Waals surface area contributed by atoms with E-state index in [2.05, 4.69) is 0 Å². The average Bonchev–Trinajstić information content (AvgIpc) is 2.26. The highest BCUT2D eigenvalue weighted by molar-refractivity contribution is 5.70. The van der Waals surface area contributed by atoms with Crippen molar-refractivity contribution in [2.24, 2.45) is 11.8 Å². The predicted octanol–water partition coefficient (Wildman–Crippen LogP) is 2.63. The van der Waals surface area contributed by atoms with Crippen LogP contribution in [0.2, 0.25) is 0 Å². The minimum atomic E-state index is -1.03. The first-order valence-corrected chi connectivity index (χ1v) is 5.49. The maximum absolute atomic E-state index is 13.8. The molecular formula is C12H14FNO4. The van der Waals surface area contributed by atoms with Gasteiger partial charge in [0.25, 0.3) is 0 Å². The number of aliphatic carboxylic acids is 1. The van der Waals surface area contributed by atoms with Gasteiger partial charge in [-0.3, -0.25) is 14.9 Å². The summed E-state index contributed by atoms with van der Waals surface area (Å²) in [5, 5.41) is 19.6. The van der Waals surface area contributed by atoms with Crippen LogP contribution >= 0.6 is 0 Å². The maximum atomic E-state index is 13.8. The van der Waals surface area contributed by atoms with E-state index in [0.29, 0.717) is 0 Å². The fourth-order valence-corrected chi connectivity index (χ4v) is 1.71. The van der Waals surface area contributed by atoms with Crippen molar-refractivity contribution in [1.82, 2.24) is 0 Å². The highest BCUT2D eigenvalue weighted by Crippen LogP contribution is 2.25. The fraction of sp³-hybridized carbons (Fsp3) is 0.417. The Balaban J connectivity index is 3.07. The molecule has 0 aromatic heterocycles. The summed E-state index contributed by atoms with van der Waals surface area (Å²) in [6.07, 6.45) is -0.0550. The molecule has 0 saturated heterocycles. The van der Waals surface area contributed by atoms with Gasteiger partial charge >= 0.3 is 11.7 Å². The fourth-order valence-electron chi connectivity index (χ4n) is 1.71. The van der Waals surface area contributed by atoms with E-state index in [-0.39, 0.29) is 17.9 Å². The Hall–Kier alpha value is -1.98. The van der Waals surface area contributed by atoms with Crippen molar-refractivity contribution < 1.29 is 19.2 Å². The molecule has 0 radical (unpaired) electrons. The van der Waals surface area contributed by atoms with Crippen molar-refractivity contribution in [1.29, 1.82) is 0 Å². The largest absolute Gasteiger partial charge is 0.481 e. The number of hydrogen-bond donors (Lipinski definition) is 1. The van der Waals surface area contributed by atoms with Crippen molar-refractivity contribution >= 4 is 11.7 Å². The van der Waals surface area contributed by atoms with Crippen LogP contribution in [-0.4, -0.2) is 16.0 Å². The van der Waals surface area contributed by atoms with Crippen LogP contribution < -0.4 is 0 Å². The van der Waals surface area contributed by atoms with E-state index in [1.807, 2.05) is 0 Å². The van der Waals surface area contributed by atoms with Gasteiger partial charge in [-0.2, -0.15) is 4.39 Å². The van der Waals surface area contributed by atoms with E-state index in [0.717, 1.165) is 6.07 Å². The zero-order valence-electron chi connectivity index (χ0n) is 10.1. The van der Waals surface area contributed by atoms with Crippen LogP contribution in [0.5, 0.6) is 0 Å². The number of hydrogen-bond acceptors (Lipinski definition) is 3. The summed E-state index contributed by atoms with van der Waals surface area (Å²) in [5.74, 6) is -2.92. The van der Waals surface area contributed by atoms with Crippen molar-refractivity contribution in [3.05, 3.63) is 39.7 Å². The quantitative estimate of drug-likeness (QED) is 0.647. The number of rotatable bonds is 5. The molecule has 1 atom stereocenters. The topological polar surface area (TPSA) is 80.4 Å². The van der Waals surface area contributed by atoms with E-state index >= 15 is 0 Å². The molecule has 6 heteroatoms. The molecule has 1 N–H and O–H groups in total. The second-order valence-electron chi connectivity index (χ2n) is 4.40. The third-order valence-corrected chi connectivity index (χ3v) is 2.82. The van der Waals surface area contributed by atoms with Gasteiger partial charge in [0.1, 0.15) is 0 Å². The van der Waals surface area contributed by atoms with Gasteiger partial charge in [0.15, 0.2) is 0 Å². The number of carboxylic acids is 1. The summed E-state index contributed by atoms with van der Waals surface area (Å²) in [6, 6.07) is 3.79. The molecule has 98 valence electrons. The first-order valence-electron chi connectivity index (χ1n) is 5.49. The first-order chi connectivity index (χ1) is 8.34. The Kier molecular flexibility index (Phi) is 4.36. The van der Waals surface area contributed by atoms with Crippen LogP contribution in [0.25, 0.3) is 0 Å². The van der Waals surface area contributed by atoms with Crippen LogP contribution in [0, 0.1) is 27.8 Å². The van der Waals surface area contributed by atoms with E-state index < -0.39 is 28.3 Å². The standard InChI is InChI=1S/C12H14FNO4/c1-7(2)9(12(15)16)6-8-4-3-5-10(11(8)13)14(17)18/h3-5,7,9H,6H2,1-2H3,(H,15,16). The monoisotopic (exact) mass is 255 g/mol. The van der Waals surface area contributed by atoms with E-state index in [1.54, 1.807) is 13.8 Å². The Morgan fingerprint density at radius 2 is 2.11 bits per heavy atom. The third kappa shape index (κ3) is 3.03. The van der Waals surface area contributed by atoms with Gasteiger partial charge in [-0.1, -0.05) is 26.0 Å². The minimum absolute atomic E-state index is 0.0550. The molecule has 0 amide bonds. The molecule has 1 unspecified atom stereocenters. The summed E-state index contributed by atoms with van der Waals surface area (Å²) in [5.41, 5.74) is -0.564. The number of halogens is 1. The smallest absolute Gasteiger partial charge is 0.307 e. The first kappa shape index (κ1) is 14.1. The normalized spacial score (nSPS) is 12.4. The van der Waals surface area contributed by atoms with Crippen LogP contribution in [-0.2, 0) is 11.2 Å². The SMILES string of the molecule is CC(C)C(Cc1cccc([N+](=O)[O-])c1F)C(=O)O. The molecule has 1 aromatic rings. The van der Waals surface area contributed by atoms with Crippen LogP contribution in [0.1, 0.15) is 19.4 Å². The molecular weight excluding hydrogens is 241 g/mol. The number of carboxylic acid groups (broad SMARTS) is 1. The van der Waals surface area contributed by atoms with Crippen molar-refractivity contribution in [2.75, 3.05) is 0 Å². The third-order valence-electron chi connectivity index (χ3n) is 2.82. The summed E-state index contributed by atoms with van der Waals surface area (Å²) in [4.78, 5) is 20.8. The van der Waals surface area contributed by atoms with Gasteiger partial charge in [-0.25, -0.2) is 0 Å². The Morgan fingerprint density at radius 3 is 2.56 bits per heavy atom. The summed E-state index contributed by atoms with van der Waals surface area (Å²) in [7, 11) is 0. The highest BCUT2D eigenvalue weighted by atomic mass is 19.1. The van der Waals surface area contributed by atoms with E-state index in [1.165, 1.54) is 12.1 Å². The minimum Gasteiger partial charge on any atom is -0.481 e. The van der Waals surface area contributed by atoms with Gasteiger partial charge in [0.2, 0.25) is 5.82 Å². The Bertz CT molecular complexity index is 473. The summed E-state index contributed by atoms with van der Waals surface area (Å²) in [6.45, 7) is 3.43. The van der Waals surface area contributed by atoms with Crippen molar-refractivity contribution in [3.8, 4) is 0 Å². The predicted molar refractivity (Wildman–Crippen MR) is 62.7 cm³/mol. The maximum Gasteiger partial charge on any atom is 0.307 e. The number of carbonyl (C=O) groups is 1. The van der Waals surface area contributed by atoms with Crippen molar-refractivity contribution in [3.63, 3.8) is 0 Å². The highest BCUT2D eigenvalue weighted by Gasteiger charge is 2.25. The molecule has 0 spiro atoms. The average molecular weight is 255 g/mol. The number of nitrogens with zero attached hydrogens (tertiary/aromatic N) is 1. The molecule has 5 nitrogen and oxygen atoms in total. The second-order valence-corrected chi connectivity index (χ2v) is 4.40. The molecule has 0 saturated carbocycles. The van der Waals surface area contributed by atoms with Crippen LogP contribution in [0.4, 0.5) is 10.1 Å². The van der Waals surface area contributed by atoms with Gasteiger partial charge < -0.3 is 5.11 Å². The molecule has 1 rings (SSSR count). The lowest BCUT2D eigenvalue weighted by atomic mass is 9.89.